The molecule has 1 saturated carbocycles. The monoisotopic (exact) mass is 324 g/mol. The molecule has 126 valence electrons. The maximum atomic E-state index is 12.2. The van der Waals surface area contributed by atoms with E-state index in [0.29, 0.717) is 12.6 Å². The second-order valence-electron chi connectivity index (χ2n) is 6.98. The third-order valence-electron chi connectivity index (χ3n) is 5.07. The van der Waals surface area contributed by atoms with E-state index in [2.05, 4.69) is 41.0 Å². The molecular weight excluding hydrogens is 300 g/mol. The van der Waals surface area contributed by atoms with Crippen LogP contribution in [-0.4, -0.2) is 24.8 Å². The van der Waals surface area contributed by atoms with E-state index in [1.165, 1.54) is 23.6 Å². The van der Waals surface area contributed by atoms with Crippen LogP contribution in [0.15, 0.2) is 42.5 Å². The summed E-state index contributed by atoms with van der Waals surface area (Å²) in [6.45, 7) is 1.31. The summed E-state index contributed by atoms with van der Waals surface area (Å²) < 4.78 is 5.81. The van der Waals surface area contributed by atoms with Crippen LogP contribution in [0.1, 0.15) is 31.2 Å². The first kappa shape index (κ1) is 15.5. The lowest BCUT2D eigenvalue weighted by Gasteiger charge is -2.30. The second kappa shape index (κ2) is 6.81. The quantitative estimate of drug-likeness (QED) is 0.903. The van der Waals surface area contributed by atoms with Crippen LogP contribution >= 0.6 is 0 Å². The van der Waals surface area contributed by atoms with Gasteiger partial charge >= 0.3 is 6.03 Å². The molecule has 2 fully saturated rings. The van der Waals surface area contributed by atoms with E-state index in [-0.39, 0.29) is 12.1 Å². The van der Waals surface area contributed by atoms with Crippen molar-refractivity contribution in [1.82, 2.24) is 10.6 Å². The molecule has 1 heterocycles. The van der Waals surface area contributed by atoms with Gasteiger partial charge in [0.2, 0.25) is 0 Å². The van der Waals surface area contributed by atoms with Gasteiger partial charge in [0.1, 0.15) is 0 Å². The number of rotatable bonds is 4. The Morgan fingerprint density at radius 2 is 1.92 bits per heavy atom. The van der Waals surface area contributed by atoms with Gasteiger partial charge in [-0.25, -0.2) is 4.79 Å². The van der Waals surface area contributed by atoms with Crippen molar-refractivity contribution >= 4 is 16.8 Å². The predicted octanol–water partition coefficient (Wildman–Crippen LogP) is 3.60. The summed E-state index contributed by atoms with van der Waals surface area (Å²) in [5.41, 5.74) is 1.12. The molecule has 4 nitrogen and oxygen atoms in total. The van der Waals surface area contributed by atoms with E-state index in [0.717, 1.165) is 30.9 Å². The van der Waals surface area contributed by atoms with E-state index < -0.39 is 0 Å². The zero-order valence-corrected chi connectivity index (χ0v) is 13.8. The van der Waals surface area contributed by atoms with Crippen molar-refractivity contribution in [2.45, 2.75) is 44.4 Å². The number of fused-ring (bicyclic) bond motifs is 1. The van der Waals surface area contributed by atoms with Crippen LogP contribution in [0, 0.1) is 5.92 Å². The number of hydrogen-bond acceptors (Lipinski definition) is 2. The Morgan fingerprint density at radius 3 is 2.75 bits per heavy atom. The SMILES string of the molecule is O=C(NCc1ccc2ccccc2c1)N[C@@H]1CCO[C@H](C2CC2)C1. The van der Waals surface area contributed by atoms with Gasteiger partial charge in [-0.2, -0.15) is 0 Å². The number of ether oxygens (including phenoxy) is 1. The number of carbonyl (C=O) groups excluding carboxylic acids is 1. The summed E-state index contributed by atoms with van der Waals surface area (Å²) in [6, 6.07) is 14.7. The van der Waals surface area contributed by atoms with Crippen molar-refractivity contribution in [3.05, 3.63) is 48.0 Å². The molecule has 2 aromatic carbocycles. The lowest BCUT2D eigenvalue weighted by molar-refractivity contribution is -0.00914. The maximum absolute atomic E-state index is 12.2. The topological polar surface area (TPSA) is 50.4 Å². The van der Waals surface area contributed by atoms with Crippen LogP contribution in [-0.2, 0) is 11.3 Å². The lowest BCUT2D eigenvalue weighted by atomic mass is 10.0. The zero-order chi connectivity index (χ0) is 16.4. The third-order valence-corrected chi connectivity index (χ3v) is 5.07. The minimum Gasteiger partial charge on any atom is -0.378 e. The normalized spacial score (nSPS) is 23.8. The molecule has 2 aromatic rings. The van der Waals surface area contributed by atoms with Crippen LogP contribution in [0.2, 0.25) is 0 Å². The molecule has 0 bridgehead atoms. The van der Waals surface area contributed by atoms with Crippen molar-refractivity contribution in [1.29, 1.82) is 0 Å². The Kier molecular flexibility index (Phi) is 4.39. The molecule has 0 aromatic heterocycles. The molecule has 1 saturated heterocycles. The summed E-state index contributed by atoms with van der Waals surface area (Å²) in [7, 11) is 0. The minimum absolute atomic E-state index is 0.0791. The standard InChI is InChI=1S/C20H24N2O2/c23-20(22-18-9-10-24-19(12-18)16-7-8-16)21-13-14-5-6-15-3-1-2-4-17(15)11-14/h1-6,11,16,18-19H,7-10,12-13H2,(H2,21,22,23)/t18-,19+/m1/s1. The summed E-state index contributed by atoms with van der Waals surface area (Å²) in [4.78, 5) is 12.2. The number of hydrogen-bond donors (Lipinski definition) is 2. The fourth-order valence-electron chi connectivity index (χ4n) is 3.52. The number of urea groups is 1. The molecule has 2 amide bonds. The van der Waals surface area contributed by atoms with Crippen molar-refractivity contribution in [2.75, 3.05) is 6.61 Å². The van der Waals surface area contributed by atoms with Crippen molar-refractivity contribution in [2.24, 2.45) is 5.92 Å². The molecule has 0 unspecified atom stereocenters. The maximum Gasteiger partial charge on any atom is 0.315 e. The van der Waals surface area contributed by atoms with E-state index in [4.69, 9.17) is 4.74 Å². The van der Waals surface area contributed by atoms with Gasteiger partial charge in [-0.3, -0.25) is 0 Å². The molecule has 2 atom stereocenters. The first-order chi connectivity index (χ1) is 11.8. The van der Waals surface area contributed by atoms with Crippen LogP contribution in [0.4, 0.5) is 4.79 Å². The van der Waals surface area contributed by atoms with Gasteiger partial charge in [0.25, 0.3) is 0 Å². The molecule has 0 radical (unpaired) electrons. The molecular formula is C20H24N2O2. The van der Waals surface area contributed by atoms with Crippen LogP contribution in [0.25, 0.3) is 10.8 Å². The van der Waals surface area contributed by atoms with E-state index >= 15 is 0 Å². The van der Waals surface area contributed by atoms with Gasteiger partial charge in [-0.15, -0.1) is 0 Å². The highest BCUT2D eigenvalue weighted by molar-refractivity contribution is 5.83. The average molecular weight is 324 g/mol. The number of carbonyl (C=O) groups is 1. The molecule has 0 spiro atoms. The highest BCUT2D eigenvalue weighted by atomic mass is 16.5. The summed E-state index contributed by atoms with van der Waals surface area (Å²) in [5, 5.41) is 8.51. The summed E-state index contributed by atoms with van der Waals surface area (Å²) >= 11 is 0. The van der Waals surface area contributed by atoms with Gasteiger partial charge in [0.15, 0.2) is 0 Å². The van der Waals surface area contributed by atoms with Gasteiger partial charge in [0, 0.05) is 19.2 Å². The van der Waals surface area contributed by atoms with Crippen molar-refractivity contribution in [3.8, 4) is 0 Å². The predicted molar refractivity (Wildman–Crippen MR) is 94.8 cm³/mol. The summed E-state index contributed by atoms with van der Waals surface area (Å²) in [6.07, 6.45) is 4.78. The molecule has 2 N–H and O–H groups in total. The van der Waals surface area contributed by atoms with Gasteiger partial charge in [-0.05, 0) is 54.0 Å². The third kappa shape index (κ3) is 3.70. The van der Waals surface area contributed by atoms with Crippen LogP contribution in [0.5, 0.6) is 0 Å². The van der Waals surface area contributed by atoms with Crippen LogP contribution < -0.4 is 10.6 Å². The largest absolute Gasteiger partial charge is 0.378 e. The number of amides is 2. The summed E-state index contributed by atoms with van der Waals surface area (Å²) in [5.74, 6) is 0.732. The smallest absolute Gasteiger partial charge is 0.315 e. The lowest BCUT2D eigenvalue weighted by Crippen LogP contribution is -2.46. The first-order valence-corrected chi connectivity index (χ1v) is 8.91. The van der Waals surface area contributed by atoms with Crippen molar-refractivity contribution < 1.29 is 9.53 Å². The Labute approximate surface area is 142 Å². The average Bonchev–Trinajstić information content (AvgIpc) is 3.45. The van der Waals surface area contributed by atoms with Gasteiger partial charge in [-0.1, -0.05) is 36.4 Å². The Morgan fingerprint density at radius 1 is 1.08 bits per heavy atom. The Hall–Kier alpha value is -2.07. The molecule has 2 aliphatic rings. The van der Waals surface area contributed by atoms with Gasteiger partial charge < -0.3 is 15.4 Å². The second-order valence-corrected chi connectivity index (χ2v) is 6.98. The molecule has 1 aliphatic carbocycles. The highest BCUT2D eigenvalue weighted by Crippen LogP contribution is 2.38. The fourth-order valence-corrected chi connectivity index (χ4v) is 3.52. The molecule has 24 heavy (non-hydrogen) atoms. The first-order valence-electron chi connectivity index (χ1n) is 8.91. The molecule has 4 rings (SSSR count). The number of nitrogens with one attached hydrogen (secondary N) is 2. The minimum atomic E-state index is -0.0791. The highest BCUT2D eigenvalue weighted by Gasteiger charge is 2.36. The number of benzene rings is 2. The van der Waals surface area contributed by atoms with Crippen LogP contribution in [0.3, 0.4) is 0 Å². The van der Waals surface area contributed by atoms with Gasteiger partial charge in [0.05, 0.1) is 6.10 Å². The van der Waals surface area contributed by atoms with E-state index in [1.54, 1.807) is 0 Å². The van der Waals surface area contributed by atoms with Crippen molar-refractivity contribution in [3.63, 3.8) is 0 Å². The Balaban J connectivity index is 1.29. The van der Waals surface area contributed by atoms with E-state index in [9.17, 15) is 4.79 Å². The molecule has 1 aliphatic heterocycles. The fraction of sp³-hybridized carbons (Fsp3) is 0.450. The molecule has 4 heteroatoms. The zero-order valence-electron chi connectivity index (χ0n) is 13.8. The van der Waals surface area contributed by atoms with E-state index in [1.807, 2.05) is 12.1 Å². The Bertz CT molecular complexity index is 726.